The lowest BCUT2D eigenvalue weighted by molar-refractivity contribution is -0.123. The van der Waals surface area contributed by atoms with Crippen LogP contribution in [-0.2, 0) is 14.6 Å². The molecule has 37 heavy (non-hydrogen) atoms. The first-order valence-corrected chi connectivity index (χ1v) is 15.2. The number of thioether (sulfide) groups is 1. The van der Waals surface area contributed by atoms with E-state index in [0.717, 1.165) is 17.7 Å². The van der Waals surface area contributed by atoms with E-state index < -0.39 is 15.9 Å². The second-order valence-electron chi connectivity index (χ2n) is 8.82. The number of carbonyl (C=O) groups excluding carboxylic acids is 1. The average Bonchev–Trinajstić information content (AvgIpc) is 3.54. The average molecular weight is 574 g/mol. The molecule has 1 atom stereocenters. The number of amides is 1. The quantitative estimate of drug-likeness (QED) is 0.278. The van der Waals surface area contributed by atoms with Crippen LogP contribution in [0.15, 0.2) is 59.6 Å². The SMILES string of the molecule is CCCOc1ccc(-c2nn(-c3ccccc3)cc2C=C2SC(=S)N(C3CCS(=O)(=O)C3)C2=O)cc1Cl. The largest absolute Gasteiger partial charge is 0.492 e. The minimum absolute atomic E-state index is 0.0607. The molecule has 3 aromatic rings. The molecule has 5 rings (SSSR count). The Morgan fingerprint density at radius 1 is 1.24 bits per heavy atom. The molecular weight excluding hydrogens is 550 g/mol. The lowest BCUT2D eigenvalue weighted by Crippen LogP contribution is -2.39. The van der Waals surface area contributed by atoms with Crippen molar-refractivity contribution in [3.05, 3.63) is 70.2 Å². The minimum atomic E-state index is -3.16. The third-order valence-corrected chi connectivity index (χ3v) is 9.49. The number of aromatic nitrogens is 2. The second-order valence-corrected chi connectivity index (χ2v) is 13.1. The van der Waals surface area contributed by atoms with E-state index in [-0.39, 0.29) is 17.4 Å². The molecule has 0 spiro atoms. The fourth-order valence-corrected chi connectivity index (χ4v) is 7.65. The van der Waals surface area contributed by atoms with E-state index in [1.54, 1.807) is 16.8 Å². The summed E-state index contributed by atoms with van der Waals surface area (Å²) in [5, 5.41) is 5.28. The van der Waals surface area contributed by atoms with Crippen LogP contribution in [0.2, 0.25) is 5.02 Å². The number of thiocarbonyl (C=S) groups is 1. The molecule has 2 fully saturated rings. The Hall–Kier alpha value is -2.66. The van der Waals surface area contributed by atoms with E-state index >= 15 is 0 Å². The molecule has 2 aliphatic rings. The van der Waals surface area contributed by atoms with E-state index in [4.69, 9.17) is 33.7 Å². The van der Waals surface area contributed by atoms with Gasteiger partial charge in [0.15, 0.2) is 9.84 Å². The molecule has 11 heteroatoms. The number of benzene rings is 2. The fourth-order valence-electron chi connectivity index (χ4n) is 4.32. The molecule has 2 aliphatic heterocycles. The molecule has 1 unspecified atom stereocenters. The van der Waals surface area contributed by atoms with Gasteiger partial charge in [0.2, 0.25) is 0 Å². The maximum atomic E-state index is 13.3. The molecule has 3 heterocycles. The maximum absolute atomic E-state index is 13.3. The van der Waals surface area contributed by atoms with Gasteiger partial charge in [-0.3, -0.25) is 9.69 Å². The van der Waals surface area contributed by atoms with Crippen molar-refractivity contribution in [3.8, 4) is 22.7 Å². The summed E-state index contributed by atoms with van der Waals surface area (Å²) in [5.41, 5.74) is 2.98. The third-order valence-electron chi connectivity index (χ3n) is 6.11. The number of ether oxygens (including phenoxy) is 1. The Labute approximate surface area is 230 Å². The zero-order valence-electron chi connectivity index (χ0n) is 20.0. The predicted octanol–water partition coefficient (Wildman–Crippen LogP) is 5.37. The molecule has 7 nitrogen and oxygen atoms in total. The first-order chi connectivity index (χ1) is 17.8. The summed E-state index contributed by atoms with van der Waals surface area (Å²) in [6, 6.07) is 14.7. The monoisotopic (exact) mass is 573 g/mol. The molecule has 0 saturated carbocycles. The van der Waals surface area contributed by atoms with Gasteiger partial charge in [0.1, 0.15) is 15.8 Å². The normalized spacial score (nSPS) is 20.2. The van der Waals surface area contributed by atoms with Crippen molar-refractivity contribution in [1.82, 2.24) is 14.7 Å². The van der Waals surface area contributed by atoms with Gasteiger partial charge in [-0.2, -0.15) is 5.10 Å². The number of para-hydroxylation sites is 1. The Balaban J connectivity index is 1.53. The highest BCUT2D eigenvalue weighted by molar-refractivity contribution is 8.26. The number of halogens is 1. The molecule has 0 bridgehead atoms. The third kappa shape index (κ3) is 5.47. The highest BCUT2D eigenvalue weighted by Crippen LogP contribution is 2.38. The summed E-state index contributed by atoms with van der Waals surface area (Å²) in [4.78, 5) is 15.2. The van der Waals surface area contributed by atoms with Crippen molar-refractivity contribution in [3.63, 3.8) is 0 Å². The van der Waals surface area contributed by atoms with Crippen LogP contribution in [0.25, 0.3) is 23.0 Å². The zero-order valence-corrected chi connectivity index (χ0v) is 23.2. The van der Waals surface area contributed by atoms with Crippen LogP contribution < -0.4 is 4.74 Å². The van der Waals surface area contributed by atoms with E-state index in [2.05, 4.69) is 0 Å². The number of carbonyl (C=O) groups is 1. The number of rotatable bonds is 7. The highest BCUT2D eigenvalue weighted by Gasteiger charge is 2.42. The molecule has 2 aromatic carbocycles. The predicted molar refractivity (Wildman–Crippen MR) is 152 cm³/mol. The molecule has 2 saturated heterocycles. The van der Waals surface area contributed by atoms with Crippen molar-refractivity contribution in [1.29, 1.82) is 0 Å². The number of sulfone groups is 1. The summed E-state index contributed by atoms with van der Waals surface area (Å²) in [6.45, 7) is 2.59. The van der Waals surface area contributed by atoms with E-state index in [9.17, 15) is 13.2 Å². The van der Waals surface area contributed by atoms with Gasteiger partial charge in [-0.05, 0) is 49.2 Å². The topological polar surface area (TPSA) is 81.5 Å². The Kier molecular flexibility index (Phi) is 7.44. The van der Waals surface area contributed by atoms with E-state index in [1.165, 1.54) is 16.7 Å². The summed E-state index contributed by atoms with van der Waals surface area (Å²) in [7, 11) is -3.16. The summed E-state index contributed by atoms with van der Waals surface area (Å²) >= 11 is 13.2. The summed E-state index contributed by atoms with van der Waals surface area (Å²) in [5.74, 6) is 0.329. The van der Waals surface area contributed by atoms with Gasteiger partial charge in [-0.15, -0.1) is 0 Å². The van der Waals surface area contributed by atoms with Gasteiger partial charge in [-0.25, -0.2) is 13.1 Å². The molecule has 192 valence electrons. The molecule has 1 aromatic heterocycles. The second kappa shape index (κ2) is 10.6. The molecular formula is C26H24ClN3O4S3. The highest BCUT2D eigenvalue weighted by atomic mass is 35.5. The van der Waals surface area contributed by atoms with E-state index in [1.807, 2.05) is 55.6 Å². The minimum Gasteiger partial charge on any atom is -0.492 e. The first-order valence-electron chi connectivity index (χ1n) is 11.8. The van der Waals surface area contributed by atoms with Crippen LogP contribution in [0.5, 0.6) is 5.75 Å². The van der Waals surface area contributed by atoms with Crippen LogP contribution in [0.4, 0.5) is 0 Å². The van der Waals surface area contributed by atoms with Crippen LogP contribution in [0.1, 0.15) is 25.3 Å². The Morgan fingerprint density at radius 3 is 2.70 bits per heavy atom. The Morgan fingerprint density at radius 2 is 2.03 bits per heavy atom. The summed E-state index contributed by atoms with van der Waals surface area (Å²) in [6.07, 6.45) is 4.88. The van der Waals surface area contributed by atoms with Gasteiger partial charge in [0, 0.05) is 17.3 Å². The first kappa shape index (κ1) is 26.0. The molecule has 0 N–H and O–H groups in total. The number of hydrogen-bond donors (Lipinski definition) is 0. The van der Waals surface area contributed by atoms with Crippen molar-refractivity contribution < 1.29 is 17.9 Å². The lowest BCUT2D eigenvalue weighted by Gasteiger charge is -2.20. The summed E-state index contributed by atoms with van der Waals surface area (Å²) < 4.78 is 31.8. The van der Waals surface area contributed by atoms with Gasteiger partial charge in [0.25, 0.3) is 5.91 Å². The van der Waals surface area contributed by atoms with Crippen LogP contribution >= 0.6 is 35.6 Å². The standard InChI is InChI=1S/C26H24ClN3O4S3/c1-2-11-34-22-9-8-17(13-21(22)27)24-18(15-29(28-24)19-6-4-3-5-7-19)14-23-25(31)30(26(35)36-23)20-10-12-37(32,33)16-20/h3-9,13-15,20H,2,10-12,16H2,1H3. The van der Waals surface area contributed by atoms with Crippen LogP contribution in [-0.4, -0.2) is 57.5 Å². The smallest absolute Gasteiger partial charge is 0.266 e. The Bertz CT molecular complexity index is 1500. The lowest BCUT2D eigenvalue weighted by atomic mass is 10.1. The van der Waals surface area contributed by atoms with Gasteiger partial charge in [0.05, 0.1) is 39.8 Å². The van der Waals surface area contributed by atoms with Crippen molar-refractivity contribution in [2.24, 2.45) is 0 Å². The zero-order chi connectivity index (χ0) is 26.2. The van der Waals surface area contributed by atoms with Gasteiger partial charge in [-0.1, -0.05) is 60.7 Å². The molecule has 0 radical (unpaired) electrons. The van der Waals surface area contributed by atoms with Crippen LogP contribution in [0.3, 0.4) is 0 Å². The van der Waals surface area contributed by atoms with Gasteiger partial charge >= 0.3 is 0 Å². The van der Waals surface area contributed by atoms with E-state index in [0.29, 0.717) is 44.3 Å². The number of hydrogen-bond acceptors (Lipinski definition) is 7. The maximum Gasteiger partial charge on any atom is 0.266 e. The van der Waals surface area contributed by atoms with Crippen molar-refractivity contribution in [2.45, 2.75) is 25.8 Å². The van der Waals surface area contributed by atoms with Crippen molar-refractivity contribution in [2.75, 3.05) is 18.1 Å². The molecule has 0 aliphatic carbocycles. The number of nitrogens with zero attached hydrogens (tertiary/aromatic N) is 3. The van der Waals surface area contributed by atoms with Crippen LogP contribution in [0, 0.1) is 0 Å². The molecule has 1 amide bonds. The van der Waals surface area contributed by atoms with Gasteiger partial charge < -0.3 is 4.74 Å². The van der Waals surface area contributed by atoms with Crippen molar-refractivity contribution >= 4 is 61.7 Å². The fraction of sp³-hybridized carbons (Fsp3) is 0.269.